The van der Waals surface area contributed by atoms with Gasteiger partial charge in [0.25, 0.3) is 17.4 Å². The van der Waals surface area contributed by atoms with Crippen LogP contribution < -0.4 is 21.5 Å². The van der Waals surface area contributed by atoms with E-state index in [2.05, 4.69) is 26.3 Å². The molecule has 4 aliphatic rings. The second-order valence-electron chi connectivity index (χ2n) is 17.9. The van der Waals surface area contributed by atoms with Crippen LogP contribution in [-0.4, -0.2) is 135 Å². The summed E-state index contributed by atoms with van der Waals surface area (Å²) in [6, 6.07) is 6.52. The van der Waals surface area contributed by atoms with Gasteiger partial charge in [0.15, 0.2) is 0 Å². The van der Waals surface area contributed by atoms with Gasteiger partial charge in [-0.1, -0.05) is 19.1 Å². The molecule has 3 aliphatic heterocycles. The molecular weight excluding hydrogens is 939 g/mol. The second kappa shape index (κ2) is 22.8. The van der Waals surface area contributed by atoms with E-state index in [1.165, 1.54) is 23.1 Å². The van der Waals surface area contributed by atoms with E-state index in [9.17, 15) is 43.5 Å². The van der Waals surface area contributed by atoms with E-state index >= 15 is 0 Å². The number of carbonyl (C=O) groups is 7. The fourth-order valence-electron chi connectivity index (χ4n) is 9.52. The molecule has 72 heavy (non-hydrogen) atoms. The summed E-state index contributed by atoms with van der Waals surface area (Å²) >= 11 is 0. The van der Waals surface area contributed by atoms with E-state index in [1.54, 1.807) is 40.6 Å². The zero-order valence-electron chi connectivity index (χ0n) is 40.1. The first-order valence-corrected chi connectivity index (χ1v) is 24.1. The molecule has 0 radical (unpaired) electrons. The molecule has 1 saturated carbocycles. The highest BCUT2D eigenvalue weighted by Crippen LogP contribution is 2.42. The third kappa shape index (κ3) is 11.4. The second-order valence-corrected chi connectivity index (χ2v) is 17.9. The lowest BCUT2D eigenvalue weighted by Gasteiger charge is -2.35. The van der Waals surface area contributed by atoms with Crippen molar-refractivity contribution in [3.63, 3.8) is 0 Å². The summed E-state index contributed by atoms with van der Waals surface area (Å²) in [4.78, 5) is 108. The van der Waals surface area contributed by atoms with Gasteiger partial charge in [0.05, 0.1) is 74.7 Å². The van der Waals surface area contributed by atoms with Gasteiger partial charge in [-0.15, -0.1) is 5.10 Å². The summed E-state index contributed by atoms with van der Waals surface area (Å²) in [6.45, 7) is 4.16. The molecule has 382 valence electrons. The minimum atomic E-state index is -1.98. The van der Waals surface area contributed by atoms with Crippen LogP contribution in [0.3, 0.4) is 0 Å². The van der Waals surface area contributed by atoms with Crippen molar-refractivity contribution in [3.8, 4) is 17.1 Å². The molecule has 23 nitrogen and oxygen atoms in total. The Morgan fingerprint density at radius 2 is 1.61 bits per heavy atom. The van der Waals surface area contributed by atoms with E-state index in [0.717, 1.165) is 29.4 Å². The van der Waals surface area contributed by atoms with Crippen molar-refractivity contribution in [2.24, 2.45) is 11.8 Å². The number of hydrogen-bond donors (Lipinski definition) is 4. The maximum Gasteiger partial charge on any atom is 0.355 e. The van der Waals surface area contributed by atoms with Gasteiger partial charge in [-0.25, -0.2) is 14.5 Å². The van der Waals surface area contributed by atoms with Crippen molar-refractivity contribution >= 4 is 52.4 Å². The molecule has 1 aliphatic carbocycles. The van der Waals surface area contributed by atoms with Crippen molar-refractivity contribution in [2.45, 2.75) is 84.2 Å². The third-order valence-corrected chi connectivity index (χ3v) is 13.3. The molecule has 3 aromatic heterocycles. The Hall–Kier alpha value is -7.37. The number of phenolic OH excluding ortho intramolecular Hbond substituents is 1. The van der Waals surface area contributed by atoms with E-state index in [1.807, 2.05) is 6.92 Å². The molecule has 1 aromatic carbocycles. The molecule has 1 atom stereocenters. The SMILES string of the molecule is CCc1c2c(nc3ccc(O)cc13)-c1cc3c(c(=O)n1C2)COC(=O)[C@@]3(CC)OC(=O)CNC(=O)COCC(=O)NCCOCCOCCn1cc(CNC(=O)C2CCC(CN3C(=O)C=CC3=O)CC2)nn1. The van der Waals surface area contributed by atoms with Crippen LogP contribution in [0.4, 0.5) is 0 Å². The Bertz CT molecular complexity index is 2830. The quantitative estimate of drug-likeness (QED) is 0.0400. The van der Waals surface area contributed by atoms with E-state index in [-0.39, 0.29) is 98.9 Å². The third-order valence-electron chi connectivity index (χ3n) is 13.3. The fourth-order valence-corrected chi connectivity index (χ4v) is 9.52. The number of benzene rings is 1. The van der Waals surface area contributed by atoms with Crippen LogP contribution in [0.25, 0.3) is 22.3 Å². The summed E-state index contributed by atoms with van der Waals surface area (Å²) in [6.07, 6.45) is 7.73. The molecule has 23 heteroatoms. The molecule has 1 fully saturated rings. The number of aromatic hydroxyl groups is 1. The standard InChI is InChI=1S/C49H57N9O14/c1-3-33-34-19-32(59)9-10-38(34)53-45-35(33)25-57-39(45)20-37-36(47(57)66)26-71-48(67)49(37,4-2)72-44(64)22-51-41(61)28-70-27-40(60)50-13-15-68-17-18-69-16-14-56-24-31(54-55-56)21-52-46(65)30-7-5-29(6-8-30)23-58-42(62)11-12-43(58)63/h9-12,19-20,24,29-30,59H,3-8,13-18,21-23,25-28H2,1-2H3,(H,50,60)(H,51,61)(H,52,65)/t29?,30?,49-/m0/s1. The van der Waals surface area contributed by atoms with Gasteiger partial charge < -0.3 is 49.3 Å². The first-order chi connectivity index (χ1) is 34.8. The number of nitrogens with zero attached hydrogens (tertiary/aromatic N) is 6. The Morgan fingerprint density at radius 3 is 2.35 bits per heavy atom. The van der Waals surface area contributed by atoms with Crippen molar-refractivity contribution in [2.75, 3.05) is 59.3 Å². The van der Waals surface area contributed by atoms with Gasteiger partial charge in [-0.2, -0.15) is 0 Å². The molecular formula is C49H57N9O14. The number of imide groups is 1. The molecule has 5 amide bonds. The molecule has 8 rings (SSSR count). The maximum atomic E-state index is 14.0. The number of cyclic esters (lactones) is 1. The molecule has 4 aromatic rings. The lowest BCUT2D eigenvalue weighted by molar-refractivity contribution is -0.189. The normalized spacial score (nSPS) is 18.9. The number of pyridine rings is 2. The molecule has 0 bridgehead atoms. The van der Waals surface area contributed by atoms with Crippen molar-refractivity contribution in [3.05, 3.63) is 80.9 Å². The van der Waals surface area contributed by atoms with E-state index < -0.39 is 54.7 Å². The smallest absolute Gasteiger partial charge is 0.355 e. The Balaban J connectivity index is 0.677. The highest BCUT2D eigenvalue weighted by molar-refractivity contribution is 6.12. The number of rotatable bonds is 23. The number of carbonyl (C=O) groups excluding carboxylic acids is 7. The summed E-state index contributed by atoms with van der Waals surface area (Å²) in [5.74, 6) is -3.53. The van der Waals surface area contributed by atoms with Crippen LogP contribution in [0.15, 0.2) is 47.4 Å². The highest BCUT2D eigenvalue weighted by atomic mass is 16.6. The van der Waals surface area contributed by atoms with Crippen LogP contribution in [0.2, 0.25) is 0 Å². The average molecular weight is 996 g/mol. The van der Waals surface area contributed by atoms with E-state index in [0.29, 0.717) is 61.6 Å². The zero-order chi connectivity index (χ0) is 50.9. The number of amides is 5. The predicted molar refractivity (Wildman–Crippen MR) is 251 cm³/mol. The molecule has 4 N–H and O–H groups in total. The molecule has 0 saturated heterocycles. The maximum absolute atomic E-state index is 14.0. The number of fused-ring (bicyclic) bond motifs is 5. The summed E-state index contributed by atoms with van der Waals surface area (Å²) in [5, 5.41) is 27.0. The minimum absolute atomic E-state index is 0.0566. The molecule has 0 unspecified atom stereocenters. The van der Waals surface area contributed by atoms with Crippen LogP contribution in [0.5, 0.6) is 5.75 Å². The van der Waals surface area contributed by atoms with Gasteiger partial charge in [0, 0.05) is 47.7 Å². The summed E-state index contributed by atoms with van der Waals surface area (Å²) < 4.78 is 30.6. The highest BCUT2D eigenvalue weighted by Gasteiger charge is 2.50. The lowest BCUT2D eigenvalue weighted by Crippen LogP contribution is -2.49. The monoisotopic (exact) mass is 995 g/mol. The van der Waals surface area contributed by atoms with Crippen LogP contribution in [0, 0.1) is 11.8 Å². The predicted octanol–water partition coefficient (Wildman–Crippen LogP) is 0.820. The number of ether oxygens (including phenoxy) is 5. The fraction of sp³-hybridized carbons (Fsp3) is 0.490. The number of phenols is 1. The van der Waals surface area contributed by atoms with Crippen molar-refractivity contribution in [1.29, 1.82) is 0 Å². The van der Waals surface area contributed by atoms with Crippen molar-refractivity contribution < 1.29 is 62.4 Å². The van der Waals surface area contributed by atoms with Crippen LogP contribution in [-0.2, 0) is 95.5 Å². The summed E-state index contributed by atoms with van der Waals surface area (Å²) in [7, 11) is 0. The lowest BCUT2D eigenvalue weighted by atomic mass is 9.81. The number of aromatic nitrogens is 5. The van der Waals surface area contributed by atoms with Gasteiger partial charge in [0.1, 0.15) is 37.8 Å². The van der Waals surface area contributed by atoms with Gasteiger partial charge in [-0.05, 0) is 74.3 Å². The number of aryl methyl sites for hydroxylation is 1. The molecule has 6 heterocycles. The van der Waals surface area contributed by atoms with Crippen molar-refractivity contribution in [1.82, 2.24) is 45.4 Å². The zero-order valence-corrected chi connectivity index (χ0v) is 40.1. The first-order valence-electron chi connectivity index (χ1n) is 24.1. The van der Waals surface area contributed by atoms with E-state index in [4.69, 9.17) is 28.7 Å². The minimum Gasteiger partial charge on any atom is -0.508 e. The van der Waals surface area contributed by atoms with Gasteiger partial charge in [0.2, 0.25) is 23.3 Å². The number of nitrogens with one attached hydrogen (secondary N) is 3. The Morgan fingerprint density at radius 1 is 0.875 bits per heavy atom. The number of esters is 2. The number of hydrogen-bond acceptors (Lipinski definition) is 17. The average Bonchev–Trinajstić information content (AvgIpc) is 4.08. The Kier molecular flexibility index (Phi) is 16.1. The van der Waals surface area contributed by atoms with Gasteiger partial charge >= 0.3 is 11.9 Å². The van der Waals surface area contributed by atoms with Crippen LogP contribution in [0.1, 0.15) is 73.9 Å². The summed E-state index contributed by atoms with van der Waals surface area (Å²) in [5.41, 5.74) is 1.91. The van der Waals surface area contributed by atoms with Crippen LogP contribution >= 0.6 is 0 Å². The van der Waals surface area contributed by atoms with Gasteiger partial charge in [-0.3, -0.25) is 38.5 Å². The topological polar surface area (TPSA) is 291 Å². The molecule has 0 spiro atoms. The Labute approximate surface area is 412 Å². The first kappa shape index (κ1) is 51.0. The largest absolute Gasteiger partial charge is 0.508 e.